The maximum absolute atomic E-state index is 12.4. The van der Waals surface area contributed by atoms with Crippen LogP contribution in [-0.4, -0.2) is 34.9 Å². The number of carbonyl (C=O) groups excluding carboxylic acids is 2. The highest BCUT2D eigenvalue weighted by Gasteiger charge is 2.23. The first kappa shape index (κ1) is 17.0. The van der Waals surface area contributed by atoms with E-state index in [1.807, 2.05) is 0 Å². The molecule has 2 aromatic heterocycles. The van der Waals surface area contributed by atoms with E-state index in [4.69, 9.17) is 21.1 Å². The fourth-order valence-electron chi connectivity index (χ4n) is 2.27. The standard InChI is InChI=1S/C16H17ClN2O4/c1-4-22-16(21)14-9(2)13(10(3)19-14)11(20)8-23-12-6-5-7-18-15(12)17/h5-7,19H,4,8H2,1-3H3. The summed E-state index contributed by atoms with van der Waals surface area (Å²) in [5, 5.41) is 0.190. The molecule has 6 nitrogen and oxygen atoms in total. The molecular formula is C16H17ClN2O4. The predicted molar refractivity (Wildman–Crippen MR) is 85.3 cm³/mol. The Morgan fingerprint density at radius 3 is 2.74 bits per heavy atom. The van der Waals surface area contributed by atoms with E-state index >= 15 is 0 Å². The Hall–Kier alpha value is -2.34. The Morgan fingerprint density at radius 1 is 1.35 bits per heavy atom. The van der Waals surface area contributed by atoms with Gasteiger partial charge in [0.15, 0.2) is 17.5 Å². The van der Waals surface area contributed by atoms with Gasteiger partial charge in [-0.3, -0.25) is 4.79 Å². The molecule has 122 valence electrons. The van der Waals surface area contributed by atoms with E-state index in [0.29, 0.717) is 22.6 Å². The fourth-order valence-corrected chi connectivity index (χ4v) is 2.44. The van der Waals surface area contributed by atoms with Crippen LogP contribution >= 0.6 is 11.6 Å². The molecule has 2 heterocycles. The molecule has 7 heteroatoms. The van der Waals surface area contributed by atoms with Gasteiger partial charge < -0.3 is 14.5 Å². The number of ketones is 1. The number of hydrogen-bond donors (Lipinski definition) is 1. The van der Waals surface area contributed by atoms with E-state index in [0.717, 1.165) is 0 Å². The average molecular weight is 337 g/mol. The zero-order chi connectivity index (χ0) is 17.0. The first-order chi connectivity index (χ1) is 11.0. The maximum Gasteiger partial charge on any atom is 0.355 e. The quantitative estimate of drug-likeness (QED) is 0.498. The number of hydrogen-bond acceptors (Lipinski definition) is 5. The van der Waals surface area contributed by atoms with Crippen molar-refractivity contribution >= 4 is 23.4 Å². The van der Waals surface area contributed by atoms with Gasteiger partial charge in [-0.05, 0) is 38.5 Å². The fraction of sp³-hybridized carbons (Fsp3) is 0.312. The monoisotopic (exact) mass is 336 g/mol. The van der Waals surface area contributed by atoms with Crippen LogP contribution in [0.3, 0.4) is 0 Å². The van der Waals surface area contributed by atoms with Crippen molar-refractivity contribution in [1.82, 2.24) is 9.97 Å². The second-order valence-corrected chi connectivity index (χ2v) is 5.21. The molecular weight excluding hydrogens is 320 g/mol. The summed E-state index contributed by atoms with van der Waals surface area (Å²) in [6.07, 6.45) is 1.53. The Balaban J connectivity index is 2.17. The summed E-state index contributed by atoms with van der Waals surface area (Å²) < 4.78 is 10.4. The smallest absolute Gasteiger partial charge is 0.355 e. The second-order valence-electron chi connectivity index (χ2n) is 4.85. The molecule has 0 aliphatic rings. The first-order valence-corrected chi connectivity index (χ1v) is 7.46. The molecule has 1 N–H and O–H groups in total. The number of carbonyl (C=O) groups is 2. The molecule has 0 saturated heterocycles. The number of rotatable bonds is 6. The van der Waals surface area contributed by atoms with Gasteiger partial charge in [-0.15, -0.1) is 0 Å². The van der Waals surface area contributed by atoms with E-state index < -0.39 is 5.97 Å². The number of ether oxygens (including phenoxy) is 2. The summed E-state index contributed by atoms with van der Waals surface area (Å²) >= 11 is 5.88. The Bertz CT molecular complexity index is 740. The third-order valence-electron chi connectivity index (χ3n) is 3.28. The van der Waals surface area contributed by atoms with Gasteiger partial charge in [-0.2, -0.15) is 0 Å². The normalized spacial score (nSPS) is 10.4. The lowest BCUT2D eigenvalue weighted by Crippen LogP contribution is -2.14. The van der Waals surface area contributed by atoms with Crippen molar-refractivity contribution in [2.24, 2.45) is 0 Å². The third-order valence-corrected chi connectivity index (χ3v) is 3.56. The minimum atomic E-state index is -0.483. The zero-order valence-corrected chi connectivity index (χ0v) is 13.9. The summed E-state index contributed by atoms with van der Waals surface area (Å²) in [6.45, 7) is 5.20. The van der Waals surface area contributed by atoms with E-state index in [9.17, 15) is 9.59 Å². The number of aryl methyl sites for hydroxylation is 1. The van der Waals surface area contributed by atoms with Crippen LogP contribution in [0.2, 0.25) is 5.15 Å². The van der Waals surface area contributed by atoms with Crippen LogP contribution in [-0.2, 0) is 4.74 Å². The molecule has 0 fully saturated rings. The topological polar surface area (TPSA) is 81.3 Å². The second kappa shape index (κ2) is 7.28. The van der Waals surface area contributed by atoms with Crippen LogP contribution in [0.25, 0.3) is 0 Å². The summed E-state index contributed by atoms with van der Waals surface area (Å²) in [4.78, 5) is 31.0. The molecule has 0 radical (unpaired) electrons. The van der Waals surface area contributed by atoms with Crippen LogP contribution in [0.15, 0.2) is 18.3 Å². The van der Waals surface area contributed by atoms with Gasteiger partial charge >= 0.3 is 5.97 Å². The highest BCUT2D eigenvalue weighted by atomic mass is 35.5. The van der Waals surface area contributed by atoms with E-state index in [1.165, 1.54) is 6.20 Å². The van der Waals surface area contributed by atoms with Crippen molar-refractivity contribution in [3.63, 3.8) is 0 Å². The van der Waals surface area contributed by atoms with Gasteiger partial charge in [0.2, 0.25) is 5.78 Å². The van der Waals surface area contributed by atoms with Crippen LogP contribution in [0.5, 0.6) is 5.75 Å². The Morgan fingerprint density at radius 2 is 2.09 bits per heavy atom. The molecule has 0 amide bonds. The van der Waals surface area contributed by atoms with Crippen molar-refractivity contribution < 1.29 is 19.1 Å². The number of H-pyrrole nitrogens is 1. The molecule has 2 rings (SSSR count). The number of Topliss-reactive ketones (excluding diaryl/α,β-unsaturated/α-hetero) is 1. The van der Waals surface area contributed by atoms with Gasteiger partial charge in [0.1, 0.15) is 5.69 Å². The van der Waals surface area contributed by atoms with Crippen LogP contribution in [0, 0.1) is 13.8 Å². The average Bonchev–Trinajstić information content (AvgIpc) is 2.81. The van der Waals surface area contributed by atoms with Gasteiger partial charge in [-0.1, -0.05) is 11.6 Å². The lowest BCUT2D eigenvalue weighted by molar-refractivity contribution is 0.0519. The lowest BCUT2D eigenvalue weighted by atomic mass is 10.1. The highest BCUT2D eigenvalue weighted by molar-refractivity contribution is 6.30. The van der Waals surface area contributed by atoms with Gasteiger partial charge in [-0.25, -0.2) is 9.78 Å². The van der Waals surface area contributed by atoms with Gasteiger partial charge in [0.25, 0.3) is 0 Å². The molecule has 0 bridgehead atoms. The number of nitrogens with one attached hydrogen (secondary N) is 1. The molecule has 0 saturated carbocycles. The minimum Gasteiger partial charge on any atom is -0.482 e. The maximum atomic E-state index is 12.4. The van der Waals surface area contributed by atoms with E-state index in [1.54, 1.807) is 32.9 Å². The van der Waals surface area contributed by atoms with Gasteiger partial charge in [0, 0.05) is 17.5 Å². The summed E-state index contributed by atoms with van der Waals surface area (Å²) in [7, 11) is 0. The van der Waals surface area contributed by atoms with Crippen molar-refractivity contribution in [2.75, 3.05) is 13.2 Å². The van der Waals surface area contributed by atoms with Crippen molar-refractivity contribution in [1.29, 1.82) is 0 Å². The molecule has 0 spiro atoms. The molecule has 23 heavy (non-hydrogen) atoms. The number of aromatic nitrogens is 2. The van der Waals surface area contributed by atoms with E-state index in [-0.39, 0.29) is 29.8 Å². The zero-order valence-electron chi connectivity index (χ0n) is 13.1. The molecule has 0 aliphatic heterocycles. The van der Waals surface area contributed by atoms with Crippen molar-refractivity contribution in [3.05, 3.63) is 46.0 Å². The lowest BCUT2D eigenvalue weighted by Gasteiger charge is -2.07. The summed E-state index contributed by atoms with van der Waals surface area (Å²) in [5.41, 5.74) is 1.85. The molecule has 0 atom stereocenters. The number of pyridine rings is 1. The number of esters is 1. The third kappa shape index (κ3) is 3.71. The molecule has 0 unspecified atom stereocenters. The molecule has 0 aliphatic carbocycles. The molecule has 0 aromatic carbocycles. The largest absolute Gasteiger partial charge is 0.482 e. The highest BCUT2D eigenvalue weighted by Crippen LogP contribution is 2.22. The van der Waals surface area contributed by atoms with Crippen LogP contribution < -0.4 is 4.74 Å². The molecule has 2 aromatic rings. The Labute approximate surface area is 138 Å². The van der Waals surface area contributed by atoms with E-state index in [2.05, 4.69) is 9.97 Å². The predicted octanol–water partition coefficient (Wildman–Crippen LogP) is 3.12. The van der Waals surface area contributed by atoms with Gasteiger partial charge in [0.05, 0.1) is 6.61 Å². The van der Waals surface area contributed by atoms with Crippen molar-refractivity contribution in [3.8, 4) is 5.75 Å². The SMILES string of the molecule is CCOC(=O)c1[nH]c(C)c(C(=O)COc2cccnc2Cl)c1C. The van der Waals surface area contributed by atoms with Crippen LogP contribution in [0.4, 0.5) is 0 Å². The summed E-state index contributed by atoms with van der Waals surface area (Å²) in [6, 6.07) is 3.29. The Kier molecular flexibility index (Phi) is 5.39. The van der Waals surface area contributed by atoms with Crippen LogP contribution in [0.1, 0.15) is 39.0 Å². The number of halogens is 1. The summed E-state index contributed by atoms with van der Waals surface area (Å²) in [5.74, 6) is -0.408. The van der Waals surface area contributed by atoms with Crippen molar-refractivity contribution in [2.45, 2.75) is 20.8 Å². The number of nitrogens with zero attached hydrogens (tertiary/aromatic N) is 1. The minimum absolute atomic E-state index is 0.190. The first-order valence-electron chi connectivity index (χ1n) is 7.08. The number of aromatic amines is 1.